The first-order chi connectivity index (χ1) is 14.8. The number of primary amides is 1. The van der Waals surface area contributed by atoms with Gasteiger partial charge in [0.25, 0.3) is 0 Å². The van der Waals surface area contributed by atoms with E-state index in [1.165, 1.54) is 0 Å². The van der Waals surface area contributed by atoms with Gasteiger partial charge in [0.2, 0.25) is 5.91 Å². The van der Waals surface area contributed by atoms with Gasteiger partial charge >= 0.3 is 0 Å². The van der Waals surface area contributed by atoms with Crippen LogP contribution in [0.3, 0.4) is 0 Å². The number of hydrogen-bond acceptors (Lipinski definition) is 5. The highest BCUT2D eigenvalue weighted by Crippen LogP contribution is 2.52. The maximum Gasteiger partial charge on any atom is 0.223 e. The molecule has 6 nitrogen and oxygen atoms in total. The highest BCUT2D eigenvalue weighted by molar-refractivity contribution is 6.42. The Labute approximate surface area is 191 Å². The molecule has 0 radical (unpaired) electrons. The number of ether oxygens (including phenoxy) is 1. The van der Waals surface area contributed by atoms with E-state index in [4.69, 9.17) is 33.7 Å². The normalized spacial score (nSPS) is 33.9. The molecule has 2 saturated heterocycles. The number of hydrogen-bond donors (Lipinski definition) is 2. The quantitative estimate of drug-likeness (QED) is 0.711. The molecule has 1 aliphatic carbocycles. The van der Waals surface area contributed by atoms with Gasteiger partial charge in [0.15, 0.2) is 0 Å². The molecule has 1 saturated carbocycles. The summed E-state index contributed by atoms with van der Waals surface area (Å²) in [6.45, 7) is 1.94. The van der Waals surface area contributed by atoms with E-state index < -0.39 is 0 Å². The number of nitrogens with zero attached hydrogens (tertiary/aromatic N) is 2. The van der Waals surface area contributed by atoms with Gasteiger partial charge in [-0.05, 0) is 62.1 Å². The number of anilines is 1. The van der Waals surface area contributed by atoms with Crippen molar-refractivity contribution in [3.05, 3.63) is 57.8 Å². The van der Waals surface area contributed by atoms with E-state index in [0.29, 0.717) is 29.3 Å². The van der Waals surface area contributed by atoms with Crippen molar-refractivity contribution in [1.82, 2.24) is 4.98 Å². The lowest BCUT2D eigenvalue weighted by Crippen LogP contribution is -2.57. The topological polar surface area (TPSA) is 88.7 Å². The number of aryl methyl sites for hydroxylation is 1. The van der Waals surface area contributed by atoms with E-state index in [0.717, 1.165) is 16.9 Å². The molecule has 1 unspecified atom stereocenters. The average molecular weight is 462 g/mol. The fourth-order valence-electron chi connectivity index (χ4n) is 5.62. The van der Waals surface area contributed by atoms with Crippen molar-refractivity contribution in [2.75, 3.05) is 4.90 Å². The molecule has 1 aromatic carbocycles. The first-order valence-electron chi connectivity index (χ1n) is 10.6. The second kappa shape index (κ2) is 7.93. The Kier molecular flexibility index (Phi) is 5.37. The van der Waals surface area contributed by atoms with Crippen LogP contribution in [-0.4, -0.2) is 46.4 Å². The maximum absolute atomic E-state index is 12.4. The summed E-state index contributed by atoms with van der Waals surface area (Å²) >= 11 is 12.5. The van der Waals surface area contributed by atoms with Crippen LogP contribution in [0.2, 0.25) is 10.0 Å². The third-order valence-electron chi connectivity index (χ3n) is 7.00. The van der Waals surface area contributed by atoms with Gasteiger partial charge < -0.3 is 20.5 Å². The van der Waals surface area contributed by atoms with Crippen molar-refractivity contribution in [2.24, 2.45) is 11.7 Å². The molecular formula is C23H25Cl2N3O3. The summed E-state index contributed by atoms with van der Waals surface area (Å²) in [7, 11) is 0. The third kappa shape index (κ3) is 3.59. The minimum absolute atomic E-state index is 0.0359. The number of aliphatic hydroxyl groups is 1. The Morgan fingerprint density at radius 2 is 1.97 bits per heavy atom. The number of aliphatic hydroxyl groups excluding tert-OH is 1. The number of rotatable bonds is 5. The number of nitrogens with two attached hydrogens (primary N) is 1. The molecule has 2 aromatic rings. The van der Waals surface area contributed by atoms with Crippen LogP contribution >= 0.6 is 23.2 Å². The SMILES string of the molecule is Cc1cc([C@H]2C(C(N)=O)[C@H]3C[C@@H](N(c4ccc(Cl)c(Cl)c4)C4CC(O)C4)[C@@H]2O3)ccn1. The molecule has 164 valence electrons. The Morgan fingerprint density at radius 1 is 1.19 bits per heavy atom. The second-order valence-corrected chi connectivity index (χ2v) is 9.73. The van der Waals surface area contributed by atoms with E-state index in [-0.39, 0.29) is 48.1 Å². The van der Waals surface area contributed by atoms with Crippen LogP contribution in [0.4, 0.5) is 5.69 Å². The molecule has 3 heterocycles. The van der Waals surface area contributed by atoms with Gasteiger partial charge in [-0.3, -0.25) is 9.78 Å². The maximum atomic E-state index is 12.4. The smallest absolute Gasteiger partial charge is 0.223 e. The zero-order valence-corrected chi connectivity index (χ0v) is 18.6. The van der Waals surface area contributed by atoms with Crippen molar-refractivity contribution >= 4 is 34.8 Å². The lowest BCUT2D eigenvalue weighted by molar-refractivity contribution is -0.123. The number of amides is 1. The number of benzene rings is 1. The molecule has 5 rings (SSSR count). The van der Waals surface area contributed by atoms with Crippen LogP contribution in [0, 0.1) is 12.8 Å². The monoisotopic (exact) mass is 461 g/mol. The van der Waals surface area contributed by atoms with Gasteiger partial charge in [-0.25, -0.2) is 0 Å². The fraction of sp³-hybridized carbons (Fsp3) is 0.478. The predicted molar refractivity (Wildman–Crippen MR) is 119 cm³/mol. The molecule has 3 aliphatic rings. The minimum Gasteiger partial charge on any atom is -0.393 e. The Bertz CT molecular complexity index is 1010. The minimum atomic E-state index is -0.370. The highest BCUT2D eigenvalue weighted by atomic mass is 35.5. The molecular weight excluding hydrogens is 437 g/mol. The van der Waals surface area contributed by atoms with Crippen LogP contribution in [0.1, 0.15) is 36.4 Å². The summed E-state index contributed by atoms with van der Waals surface area (Å²) in [6.07, 6.45) is 3.11. The summed E-state index contributed by atoms with van der Waals surface area (Å²) < 4.78 is 6.38. The molecule has 3 fully saturated rings. The lowest BCUT2D eigenvalue weighted by atomic mass is 9.71. The van der Waals surface area contributed by atoms with Crippen molar-refractivity contribution in [3.8, 4) is 0 Å². The predicted octanol–water partition coefficient (Wildman–Crippen LogP) is 3.45. The Hall–Kier alpha value is -1.86. The van der Waals surface area contributed by atoms with Crippen molar-refractivity contribution in [3.63, 3.8) is 0 Å². The first kappa shape index (κ1) is 21.0. The zero-order chi connectivity index (χ0) is 21.9. The number of carbonyl (C=O) groups excluding carboxylic acids is 1. The Morgan fingerprint density at radius 3 is 2.61 bits per heavy atom. The van der Waals surface area contributed by atoms with Crippen molar-refractivity contribution < 1.29 is 14.6 Å². The number of halogens is 2. The molecule has 3 N–H and O–H groups in total. The van der Waals surface area contributed by atoms with Gasteiger partial charge in [-0.15, -0.1) is 0 Å². The largest absolute Gasteiger partial charge is 0.393 e. The number of carbonyl (C=O) groups is 1. The standard InChI is InChI=1S/C23H25Cl2N3O3/c1-11-6-12(4-5-27-11)20-21(23(26)30)19-10-18(22(20)31-19)28(14-7-15(29)8-14)13-2-3-16(24)17(25)9-13/h2-6,9,14-15,18-22,29H,7-8,10H2,1H3,(H2,26,30)/t14?,15?,18-,19-,20+,21?,22+/m1/s1. The Balaban J connectivity index is 1.53. The van der Waals surface area contributed by atoms with E-state index in [9.17, 15) is 9.90 Å². The van der Waals surface area contributed by atoms with Crippen LogP contribution in [-0.2, 0) is 9.53 Å². The lowest BCUT2D eigenvalue weighted by Gasteiger charge is -2.48. The molecule has 31 heavy (non-hydrogen) atoms. The van der Waals surface area contributed by atoms with E-state index in [1.807, 2.05) is 31.2 Å². The molecule has 1 aromatic heterocycles. The summed E-state index contributed by atoms with van der Waals surface area (Å²) in [4.78, 5) is 19.0. The summed E-state index contributed by atoms with van der Waals surface area (Å²) in [5.74, 6) is -0.838. The average Bonchev–Trinajstić information content (AvgIpc) is 3.28. The van der Waals surface area contributed by atoms with Gasteiger partial charge in [-0.1, -0.05) is 23.2 Å². The number of fused-ring (bicyclic) bond motifs is 2. The van der Waals surface area contributed by atoms with Gasteiger partial charge in [0.1, 0.15) is 0 Å². The van der Waals surface area contributed by atoms with Crippen LogP contribution in [0.5, 0.6) is 0 Å². The fourth-order valence-corrected chi connectivity index (χ4v) is 5.91. The first-order valence-corrected chi connectivity index (χ1v) is 11.4. The summed E-state index contributed by atoms with van der Waals surface area (Å²) in [6, 6.07) is 9.80. The molecule has 5 atom stereocenters. The number of pyridine rings is 1. The van der Waals surface area contributed by atoms with E-state index >= 15 is 0 Å². The van der Waals surface area contributed by atoms with E-state index in [1.54, 1.807) is 12.3 Å². The van der Waals surface area contributed by atoms with Crippen molar-refractivity contribution in [2.45, 2.75) is 62.5 Å². The van der Waals surface area contributed by atoms with E-state index in [2.05, 4.69) is 9.88 Å². The number of aromatic nitrogens is 1. The van der Waals surface area contributed by atoms with Crippen LogP contribution < -0.4 is 10.6 Å². The highest BCUT2D eigenvalue weighted by Gasteiger charge is 2.59. The molecule has 2 bridgehead atoms. The van der Waals surface area contributed by atoms with Gasteiger partial charge in [-0.2, -0.15) is 0 Å². The molecule has 1 amide bonds. The van der Waals surface area contributed by atoms with Crippen LogP contribution in [0.25, 0.3) is 0 Å². The summed E-state index contributed by atoms with van der Waals surface area (Å²) in [5.41, 5.74) is 8.69. The van der Waals surface area contributed by atoms with Gasteiger partial charge in [0, 0.05) is 29.5 Å². The molecule has 0 spiro atoms. The van der Waals surface area contributed by atoms with Crippen LogP contribution in [0.15, 0.2) is 36.5 Å². The zero-order valence-electron chi connectivity index (χ0n) is 17.1. The summed E-state index contributed by atoms with van der Waals surface area (Å²) in [5, 5.41) is 11.0. The third-order valence-corrected chi connectivity index (χ3v) is 7.74. The molecule has 8 heteroatoms. The second-order valence-electron chi connectivity index (χ2n) is 8.91. The van der Waals surface area contributed by atoms with Crippen molar-refractivity contribution in [1.29, 1.82) is 0 Å². The van der Waals surface area contributed by atoms with Gasteiger partial charge in [0.05, 0.1) is 40.3 Å². The molecule has 2 aliphatic heterocycles.